The smallest absolute Gasteiger partial charge is 0.124 e. The molecule has 1 saturated heterocycles. The molecule has 124 valence electrons. The summed E-state index contributed by atoms with van der Waals surface area (Å²) < 4.78 is 11.6. The number of morpholine rings is 1. The molecule has 2 N–H and O–H groups in total. The SMILES string of the molecule is CCCOc1ccc2ccccc2c1C(CN)N1CCOCC1. The molecule has 4 nitrogen and oxygen atoms in total. The highest BCUT2D eigenvalue weighted by Crippen LogP contribution is 2.36. The van der Waals surface area contributed by atoms with E-state index < -0.39 is 0 Å². The fraction of sp³-hybridized carbons (Fsp3) is 0.474. The maximum Gasteiger partial charge on any atom is 0.124 e. The van der Waals surface area contributed by atoms with Gasteiger partial charge in [-0.1, -0.05) is 37.3 Å². The van der Waals surface area contributed by atoms with Crippen LogP contribution in [0, 0.1) is 0 Å². The second-order valence-corrected chi connectivity index (χ2v) is 5.95. The Bertz CT molecular complexity index is 638. The third kappa shape index (κ3) is 3.50. The van der Waals surface area contributed by atoms with Crippen LogP contribution in [0.1, 0.15) is 24.9 Å². The van der Waals surface area contributed by atoms with E-state index in [-0.39, 0.29) is 6.04 Å². The third-order valence-corrected chi connectivity index (χ3v) is 4.44. The molecule has 0 bridgehead atoms. The number of rotatable bonds is 6. The predicted octanol–water partition coefficient (Wildman–Crippen LogP) is 2.96. The van der Waals surface area contributed by atoms with Crippen molar-refractivity contribution in [2.45, 2.75) is 19.4 Å². The molecule has 4 heteroatoms. The predicted molar refractivity (Wildman–Crippen MR) is 93.9 cm³/mol. The topological polar surface area (TPSA) is 47.7 Å². The first kappa shape index (κ1) is 16.2. The van der Waals surface area contributed by atoms with Crippen molar-refractivity contribution in [3.05, 3.63) is 42.0 Å². The zero-order valence-electron chi connectivity index (χ0n) is 13.8. The Morgan fingerprint density at radius 1 is 1.17 bits per heavy atom. The van der Waals surface area contributed by atoms with Crippen LogP contribution in [0.5, 0.6) is 5.75 Å². The van der Waals surface area contributed by atoms with Crippen LogP contribution in [0.15, 0.2) is 36.4 Å². The van der Waals surface area contributed by atoms with Crippen molar-refractivity contribution in [3.63, 3.8) is 0 Å². The van der Waals surface area contributed by atoms with Gasteiger partial charge in [0.05, 0.1) is 25.9 Å². The standard InChI is InChI=1S/C19H26N2O2/c1-2-11-23-18-8-7-15-5-3-4-6-16(15)19(18)17(14-20)21-9-12-22-13-10-21/h3-8,17H,2,9-14,20H2,1H3. The zero-order valence-corrected chi connectivity index (χ0v) is 13.8. The Morgan fingerprint density at radius 3 is 2.70 bits per heavy atom. The summed E-state index contributed by atoms with van der Waals surface area (Å²) in [6.07, 6.45) is 0.997. The van der Waals surface area contributed by atoms with Crippen LogP contribution in [0.4, 0.5) is 0 Å². The number of fused-ring (bicyclic) bond motifs is 1. The van der Waals surface area contributed by atoms with Crippen LogP contribution in [0.25, 0.3) is 10.8 Å². The molecule has 1 heterocycles. The zero-order chi connectivity index (χ0) is 16.1. The Balaban J connectivity index is 2.06. The molecular weight excluding hydrogens is 288 g/mol. The van der Waals surface area contributed by atoms with Gasteiger partial charge >= 0.3 is 0 Å². The summed E-state index contributed by atoms with van der Waals surface area (Å²) in [4.78, 5) is 2.42. The molecule has 23 heavy (non-hydrogen) atoms. The molecule has 1 atom stereocenters. The summed E-state index contributed by atoms with van der Waals surface area (Å²) in [6, 6.07) is 12.9. The van der Waals surface area contributed by atoms with Gasteiger partial charge in [-0.25, -0.2) is 0 Å². The van der Waals surface area contributed by atoms with Crippen molar-refractivity contribution in [1.29, 1.82) is 0 Å². The molecule has 0 saturated carbocycles. The molecule has 0 spiro atoms. The summed E-state index contributed by atoms with van der Waals surface area (Å²) in [5.74, 6) is 0.965. The van der Waals surface area contributed by atoms with Gasteiger partial charge in [-0.2, -0.15) is 0 Å². The van der Waals surface area contributed by atoms with Crippen molar-refractivity contribution >= 4 is 10.8 Å². The summed E-state index contributed by atoms with van der Waals surface area (Å²) in [6.45, 7) is 6.81. The largest absolute Gasteiger partial charge is 0.493 e. The summed E-state index contributed by atoms with van der Waals surface area (Å²) in [5.41, 5.74) is 7.41. The number of ether oxygens (including phenoxy) is 2. The molecule has 1 aliphatic rings. The molecular formula is C19H26N2O2. The lowest BCUT2D eigenvalue weighted by Crippen LogP contribution is -2.42. The summed E-state index contributed by atoms with van der Waals surface area (Å²) in [7, 11) is 0. The lowest BCUT2D eigenvalue weighted by Gasteiger charge is -2.35. The molecule has 0 aliphatic carbocycles. The molecule has 2 aromatic carbocycles. The van der Waals surface area contributed by atoms with Crippen LogP contribution in [-0.2, 0) is 4.74 Å². The number of nitrogens with zero attached hydrogens (tertiary/aromatic N) is 1. The van der Waals surface area contributed by atoms with Crippen molar-refractivity contribution in [3.8, 4) is 5.75 Å². The fourth-order valence-electron chi connectivity index (χ4n) is 3.30. The minimum atomic E-state index is 0.164. The minimum Gasteiger partial charge on any atom is -0.493 e. The quantitative estimate of drug-likeness (QED) is 0.890. The van der Waals surface area contributed by atoms with E-state index in [4.69, 9.17) is 15.2 Å². The van der Waals surface area contributed by atoms with Crippen molar-refractivity contribution in [2.24, 2.45) is 5.73 Å². The Kier molecular flexibility index (Phi) is 5.49. The van der Waals surface area contributed by atoms with Gasteiger partial charge in [0.2, 0.25) is 0 Å². The highest BCUT2D eigenvalue weighted by molar-refractivity contribution is 5.88. The Hall–Kier alpha value is -1.62. The van der Waals surface area contributed by atoms with Gasteiger partial charge in [-0.15, -0.1) is 0 Å². The first-order chi connectivity index (χ1) is 11.3. The van der Waals surface area contributed by atoms with Crippen molar-refractivity contribution in [2.75, 3.05) is 39.5 Å². The number of hydrogen-bond acceptors (Lipinski definition) is 4. The van der Waals surface area contributed by atoms with Gasteiger partial charge in [0, 0.05) is 25.2 Å². The van der Waals surface area contributed by atoms with E-state index in [1.807, 2.05) is 0 Å². The molecule has 1 aliphatic heterocycles. The van der Waals surface area contributed by atoms with E-state index in [1.165, 1.54) is 16.3 Å². The molecule has 3 rings (SSSR count). The van der Waals surface area contributed by atoms with E-state index in [9.17, 15) is 0 Å². The normalized spacial score (nSPS) is 17.3. The number of nitrogens with two attached hydrogens (primary N) is 1. The third-order valence-electron chi connectivity index (χ3n) is 4.44. The van der Waals surface area contributed by atoms with E-state index in [1.54, 1.807) is 0 Å². The van der Waals surface area contributed by atoms with E-state index in [0.717, 1.165) is 45.1 Å². The molecule has 2 aromatic rings. The van der Waals surface area contributed by atoms with Crippen LogP contribution in [0.2, 0.25) is 0 Å². The van der Waals surface area contributed by atoms with Crippen molar-refractivity contribution < 1.29 is 9.47 Å². The maximum absolute atomic E-state index is 6.19. The fourth-order valence-corrected chi connectivity index (χ4v) is 3.30. The molecule has 0 amide bonds. The highest BCUT2D eigenvalue weighted by atomic mass is 16.5. The lowest BCUT2D eigenvalue weighted by molar-refractivity contribution is 0.0176. The number of hydrogen-bond donors (Lipinski definition) is 1. The van der Waals surface area contributed by atoms with Gasteiger partial charge in [0.1, 0.15) is 5.75 Å². The van der Waals surface area contributed by atoms with Gasteiger partial charge < -0.3 is 15.2 Å². The van der Waals surface area contributed by atoms with Crippen LogP contribution in [0.3, 0.4) is 0 Å². The van der Waals surface area contributed by atoms with Gasteiger partial charge in [0.15, 0.2) is 0 Å². The second-order valence-electron chi connectivity index (χ2n) is 5.95. The van der Waals surface area contributed by atoms with Crippen LogP contribution in [-0.4, -0.2) is 44.4 Å². The monoisotopic (exact) mass is 314 g/mol. The average Bonchev–Trinajstić information content (AvgIpc) is 2.62. The maximum atomic E-state index is 6.19. The second kappa shape index (κ2) is 7.77. The Labute approximate surface area is 138 Å². The summed E-state index contributed by atoms with van der Waals surface area (Å²) >= 11 is 0. The molecule has 1 fully saturated rings. The van der Waals surface area contributed by atoms with Gasteiger partial charge in [-0.05, 0) is 23.3 Å². The summed E-state index contributed by atoms with van der Waals surface area (Å²) in [5, 5.41) is 2.47. The molecule has 1 unspecified atom stereocenters. The number of benzene rings is 2. The van der Waals surface area contributed by atoms with Gasteiger partial charge in [0.25, 0.3) is 0 Å². The lowest BCUT2D eigenvalue weighted by atomic mass is 9.96. The van der Waals surface area contributed by atoms with Crippen LogP contribution < -0.4 is 10.5 Å². The highest BCUT2D eigenvalue weighted by Gasteiger charge is 2.26. The Morgan fingerprint density at radius 2 is 1.96 bits per heavy atom. The van der Waals surface area contributed by atoms with Crippen molar-refractivity contribution in [1.82, 2.24) is 4.90 Å². The molecule has 0 radical (unpaired) electrons. The van der Waals surface area contributed by atoms with E-state index >= 15 is 0 Å². The minimum absolute atomic E-state index is 0.164. The van der Waals surface area contributed by atoms with E-state index in [0.29, 0.717) is 6.54 Å². The first-order valence-electron chi connectivity index (χ1n) is 8.51. The first-order valence-corrected chi connectivity index (χ1v) is 8.51. The average molecular weight is 314 g/mol. The van der Waals surface area contributed by atoms with Crippen LogP contribution >= 0.6 is 0 Å². The molecule has 0 aromatic heterocycles. The van der Waals surface area contributed by atoms with Gasteiger partial charge in [-0.3, -0.25) is 4.90 Å². The van der Waals surface area contributed by atoms with E-state index in [2.05, 4.69) is 48.2 Å².